The summed E-state index contributed by atoms with van der Waals surface area (Å²) in [5, 5.41) is 0. The Kier molecular flexibility index (Phi) is 2.85. The van der Waals surface area contributed by atoms with E-state index in [1.165, 1.54) is 11.1 Å². The van der Waals surface area contributed by atoms with Gasteiger partial charge in [-0.1, -0.05) is 29.8 Å². The highest BCUT2D eigenvalue weighted by Gasteiger charge is 2.25. The van der Waals surface area contributed by atoms with Crippen LogP contribution in [0.1, 0.15) is 23.5 Å². The third-order valence-electron chi connectivity index (χ3n) is 2.89. The Hall–Kier alpha value is -0.860. The van der Waals surface area contributed by atoms with Crippen LogP contribution in [0.25, 0.3) is 0 Å². The highest BCUT2D eigenvalue weighted by atomic mass is 16.5. The monoisotopic (exact) mass is 191 g/mol. The van der Waals surface area contributed by atoms with E-state index in [0.29, 0.717) is 12.5 Å². The van der Waals surface area contributed by atoms with Gasteiger partial charge < -0.3 is 10.5 Å². The van der Waals surface area contributed by atoms with Crippen molar-refractivity contribution in [3.05, 3.63) is 35.4 Å². The number of hydrogen-bond donors (Lipinski definition) is 1. The maximum Gasteiger partial charge on any atom is 0.0704 e. The lowest BCUT2D eigenvalue weighted by atomic mass is 9.95. The van der Waals surface area contributed by atoms with Crippen LogP contribution in [0.4, 0.5) is 0 Å². The van der Waals surface area contributed by atoms with E-state index in [1.54, 1.807) is 0 Å². The molecule has 76 valence electrons. The zero-order valence-corrected chi connectivity index (χ0v) is 8.57. The molecule has 2 rings (SSSR count). The first-order valence-electron chi connectivity index (χ1n) is 5.18. The number of hydrogen-bond acceptors (Lipinski definition) is 2. The van der Waals surface area contributed by atoms with Crippen molar-refractivity contribution in [3.63, 3.8) is 0 Å². The molecule has 2 N–H and O–H groups in total. The predicted octanol–water partition coefficient (Wildman–Crippen LogP) is 1.83. The van der Waals surface area contributed by atoms with Crippen LogP contribution in [0.15, 0.2) is 24.3 Å². The van der Waals surface area contributed by atoms with Gasteiger partial charge in [0.15, 0.2) is 0 Å². The van der Waals surface area contributed by atoms with Gasteiger partial charge >= 0.3 is 0 Å². The molecule has 14 heavy (non-hydrogen) atoms. The minimum absolute atomic E-state index is 0.265. The predicted molar refractivity (Wildman–Crippen MR) is 57.3 cm³/mol. The van der Waals surface area contributed by atoms with E-state index < -0.39 is 0 Å². The average Bonchev–Trinajstić information content (AvgIpc) is 2.67. The molecule has 1 aliphatic rings. The van der Waals surface area contributed by atoms with Crippen molar-refractivity contribution in [1.82, 2.24) is 0 Å². The molecule has 1 saturated heterocycles. The van der Waals surface area contributed by atoms with Crippen molar-refractivity contribution in [1.29, 1.82) is 0 Å². The zero-order chi connectivity index (χ0) is 9.97. The molecule has 2 heteroatoms. The van der Waals surface area contributed by atoms with Gasteiger partial charge in [-0.3, -0.25) is 0 Å². The third-order valence-corrected chi connectivity index (χ3v) is 2.89. The topological polar surface area (TPSA) is 35.2 Å². The van der Waals surface area contributed by atoms with Crippen LogP contribution in [0.2, 0.25) is 0 Å². The van der Waals surface area contributed by atoms with Crippen molar-refractivity contribution in [2.45, 2.75) is 25.4 Å². The summed E-state index contributed by atoms with van der Waals surface area (Å²) in [5.41, 5.74) is 8.26. The molecule has 0 bridgehead atoms. The van der Waals surface area contributed by atoms with Crippen LogP contribution >= 0.6 is 0 Å². The number of rotatable bonds is 2. The van der Waals surface area contributed by atoms with Crippen LogP contribution in [0, 0.1) is 6.92 Å². The Morgan fingerprint density at radius 2 is 2.07 bits per heavy atom. The fourth-order valence-corrected chi connectivity index (χ4v) is 1.94. The molecule has 2 unspecified atom stereocenters. The minimum atomic E-state index is 0.265. The Morgan fingerprint density at radius 3 is 2.64 bits per heavy atom. The summed E-state index contributed by atoms with van der Waals surface area (Å²) in [7, 11) is 0. The lowest BCUT2D eigenvalue weighted by molar-refractivity contribution is 0.116. The maximum absolute atomic E-state index is 5.57. The normalized spacial score (nSPS) is 26.7. The van der Waals surface area contributed by atoms with Crippen LogP contribution in [-0.2, 0) is 4.74 Å². The van der Waals surface area contributed by atoms with Gasteiger partial charge in [-0.05, 0) is 18.9 Å². The first-order chi connectivity index (χ1) is 6.79. The van der Waals surface area contributed by atoms with Gasteiger partial charge in [-0.2, -0.15) is 0 Å². The van der Waals surface area contributed by atoms with Gasteiger partial charge in [0, 0.05) is 12.5 Å². The zero-order valence-electron chi connectivity index (χ0n) is 8.57. The third kappa shape index (κ3) is 1.97. The second kappa shape index (κ2) is 4.11. The lowest BCUT2D eigenvalue weighted by Gasteiger charge is -2.08. The van der Waals surface area contributed by atoms with E-state index >= 15 is 0 Å². The lowest BCUT2D eigenvalue weighted by Crippen LogP contribution is -2.18. The Balaban J connectivity index is 2.06. The largest absolute Gasteiger partial charge is 0.376 e. The summed E-state index contributed by atoms with van der Waals surface area (Å²) in [6.45, 7) is 3.57. The van der Waals surface area contributed by atoms with Crippen LogP contribution in [-0.4, -0.2) is 19.3 Å². The highest BCUT2D eigenvalue weighted by molar-refractivity contribution is 5.25. The molecular weight excluding hydrogens is 174 g/mol. The molecule has 1 aromatic carbocycles. The van der Waals surface area contributed by atoms with Crippen molar-refractivity contribution < 1.29 is 4.74 Å². The average molecular weight is 191 g/mol. The van der Waals surface area contributed by atoms with Gasteiger partial charge in [-0.25, -0.2) is 0 Å². The molecule has 0 aromatic heterocycles. The molecule has 2 nitrogen and oxygen atoms in total. The number of aryl methyl sites for hydroxylation is 1. The quantitative estimate of drug-likeness (QED) is 0.774. The molecule has 1 heterocycles. The van der Waals surface area contributed by atoms with Crippen molar-refractivity contribution >= 4 is 0 Å². The van der Waals surface area contributed by atoms with E-state index in [-0.39, 0.29) is 6.10 Å². The summed E-state index contributed by atoms with van der Waals surface area (Å²) >= 11 is 0. The van der Waals surface area contributed by atoms with E-state index in [1.807, 2.05) is 0 Å². The fourth-order valence-electron chi connectivity index (χ4n) is 1.94. The second-order valence-corrected chi connectivity index (χ2v) is 4.03. The van der Waals surface area contributed by atoms with E-state index in [4.69, 9.17) is 10.5 Å². The molecule has 2 atom stereocenters. The summed E-state index contributed by atoms with van der Waals surface area (Å²) in [6.07, 6.45) is 1.33. The molecule has 0 radical (unpaired) electrons. The van der Waals surface area contributed by atoms with Crippen LogP contribution in [0.3, 0.4) is 0 Å². The summed E-state index contributed by atoms with van der Waals surface area (Å²) in [6, 6.07) is 8.71. The fraction of sp³-hybridized carbons (Fsp3) is 0.500. The number of ether oxygens (including phenoxy) is 1. The SMILES string of the molecule is Cc1ccc(C2COC(CN)C2)cc1. The van der Waals surface area contributed by atoms with E-state index in [2.05, 4.69) is 31.2 Å². The molecule has 1 aliphatic heterocycles. The summed E-state index contributed by atoms with van der Waals surface area (Å²) in [5.74, 6) is 0.546. The molecule has 1 fully saturated rings. The molecule has 0 amide bonds. The van der Waals surface area contributed by atoms with Crippen molar-refractivity contribution in [2.75, 3.05) is 13.2 Å². The molecule has 0 aliphatic carbocycles. The minimum Gasteiger partial charge on any atom is -0.376 e. The standard InChI is InChI=1S/C12H17NO/c1-9-2-4-10(5-3-9)11-6-12(7-13)14-8-11/h2-5,11-12H,6-8,13H2,1H3. The molecular formula is C12H17NO. The number of benzene rings is 1. The molecule has 0 saturated carbocycles. The highest BCUT2D eigenvalue weighted by Crippen LogP contribution is 2.28. The van der Waals surface area contributed by atoms with Crippen molar-refractivity contribution in [2.24, 2.45) is 5.73 Å². The summed E-state index contributed by atoms with van der Waals surface area (Å²) < 4.78 is 5.57. The first-order valence-corrected chi connectivity index (χ1v) is 5.18. The van der Waals surface area contributed by atoms with E-state index in [0.717, 1.165) is 13.0 Å². The number of nitrogens with two attached hydrogens (primary N) is 1. The van der Waals surface area contributed by atoms with Crippen LogP contribution in [0.5, 0.6) is 0 Å². The first kappa shape index (κ1) is 9.69. The Labute approximate surface area is 85.1 Å². The molecule has 0 spiro atoms. The second-order valence-electron chi connectivity index (χ2n) is 4.03. The Bertz CT molecular complexity index is 294. The van der Waals surface area contributed by atoms with Gasteiger partial charge in [0.25, 0.3) is 0 Å². The van der Waals surface area contributed by atoms with Gasteiger partial charge in [0.2, 0.25) is 0 Å². The van der Waals surface area contributed by atoms with Gasteiger partial charge in [0.05, 0.1) is 12.7 Å². The smallest absolute Gasteiger partial charge is 0.0704 e. The maximum atomic E-state index is 5.57. The summed E-state index contributed by atoms with van der Waals surface area (Å²) in [4.78, 5) is 0. The van der Waals surface area contributed by atoms with Gasteiger partial charge in [0.1, 0.15) is 0 Å². The van der Waals surface area contributed by atoms with E-state index in [9.17, 15) is 0 Å². The molecule has 1 aromatic rings. The van der Waals surface area contributed by atoms with Crippen molar-refractivity contribution in [3.8, 4) is 0 Å². The Morgan fingerprint density at radius 1 is 1.36 bits per heavy atom. The van der Waals surface area contributed by atoms with Gasteiger partial charge in [-0.15, -0.1) is 0 Å². The van der Waals surface area contributed by atoms with Crippen LogP contribution < -0.4 is 5.73 Å².